The van der Waals surface area contributed by atoms with Gasteiger partial charge in [-0.1, -0.05) is 11.2 Å². The van der Waals surface area contributed by atoms with Crippen LogP contribution in [-0.2, 0) is 0 Å². The largest absolute Gasteiger partial charge is 0.477 e. The topological polar surface area (TPSA) is 159 Å². The van der Waals surface area contributed by atoms with Crippen molar-refractivity contribution in [1.82, 2.24) is 4.98 Å². The second kappa shape index (κ2) is 6.27. The molecule has 1 heterocycles. The molecule has 9 heteroatoms. The van der Waals surface area contributed by atoms with E-state index in [-0.39, 0.29) is 17.5 Å². The Balaban J connectivity index is 2.43. The molecule has 114 valence electrons. The molecule has 0 fully saturated rings. The quantitative estimate of drug-likeness (QED) is 0.366. The Morgan fingerprint density at radius 1 is 1.41 bits per heavy atom. The molecular weight excluding hydrogens is 292 g/mol. The summed E-state index contributed by atoms with van der Waals surface area (Å²) in [7, 11) is 0. The Bertz CT molecular complexity index is 825. The fourth-order valence-electron chi connectivity index (χ4n) is 2.02. The summed E-state index contributed by atoms with van der Waals surface area (Å²) in [6.45, 7) is -0.301. The number of azide groups is 1. The highest BCUT2D eigenvalue weighted by molar-refractivity contribution is 5.92. The Morgan fingerprint density at radius 2 is 2.14 bits per heavy atom. The van der Waals surface area contributed by atoms with Crippen molar-refractivity contribution in [2.45, 2.75) is 12.2 Å². The van der Waals surface area contributed by atoms with Crippen LogP contribution in [0.1, 0.15) is 22.0 Å². The lowest BCUT2D eigenvalue weighted by atomic mass is 10.0. The highest BCUT2D eigenvalue weighted by atomic mass is 16.4. The normalized spacial score (nSPS) is 13.4. The van der Waals surface area contributed by atoms with Gasteiger partial charge in [0, 0.05) is 22.0 Å². The van der Waals surface area contributed by atoms with Gasteiger partial charge in [0.1, 0.15) is 11.7 Å². The van der Waals surface area contributed by atoms with Crippen LogP contribution in [0.2, 0.25) is 0 Å². The summed E-state index contributed by atoms with van der Waals surface area (Å²) in [5.74, 6) is -1.34. The van der Waals surface area contributed by atoms with E-state index >= 15 is 0 Å². The van der Waals surface area contributed by atoms with Crippen molar-refractivity contribution in [1.29, 1.82) is 0 Å². The minimum atomic E-state index is -1.34. The first-order valence-corrected chi connectivity index (χ1v) is 6.21. The third-order valence-corrected chi connectivity index (χ3v) is 3.17. The molecule has 0 aliphatic carbocycles. The third kappa shape index (κ3) is 2.91. The number of aliphatic hydroxyl groups is 2. The van der Waals surface area contributed by atoms with E-state index in [4.69, 9.17) is 10.6 Å². The number of aromatic nitrogens is 1. The van der Waals surface area contributed by atoms with Gasteiger partial charge in [-0.15, -0.1) is 0 Å². The molecule has 0 saturated carbocycles. The van der Waals surface area contributed by atoms with E-state index in [0.29, 0.717) is 11.1 Å². The van der Waals surface area contributed by atoms with Gasteiger partial charge in [0.2, 0.25) is 5.43 Å². The van der Waals surface area contributed by atoms with E-state index < -0.39 is 23.6 Å². The number of hydrogen-bond acceptors (Lipinski definition) is 5. The number of pyridine rings is 1. The maximum absolute atomic E-state index is 12.0. The van der Waals surface area contributed by atoms with Crippen LogP contribution in [0.5, 0.6) is 0 Å². The van der Waals surface area contributed by atoms with Crippen LogP contribution in [0, 0.1) is 0 Å². The van der Waals surface area contributed by atoms with Crippen molar-refractivity contribution >= 4 is 16.9 Å². The molecule has 0 spiro atoms. The number of hydrogen-bond donors (Lipinski definition) is 4. The van der Waals surface area contributed by atoms with E-state index in [9.17, 15) is 19.8 Å². The molecule has 22 heavy (non-hydrogen) atoms. The molecule has 0 amide bonds. The summed E-state index contributed by atoms with van der Waals surface area (Å²) in [4.78, 5) is 28.0. The van der Waals surface area contributed by atoms with Crippen molar-refractivity contribution < 1.29 is 20.1 Å². The summed E-state index contributed by atoms with van der Waals surface area (Å²) in [5, 5.41) is 31.9. The number of rotatable bonds is 5. The second-order valence-electron chi connectivity index (χ2n) is 4.57. The van der Waals surface area contributed by atoms with Gasteiger partial charge in [-0.3, -0.25) is 4.79 Å². The number of carbonyl (C=O) groups is 1. The number of aromatic carboxylic acids is 1. The zero-order valence-electron chi connectivity index (χ0n) is 11.2. The molecule has 0 aliphatic rings. The Hall–Kier alpha value is -2.87. The van der Waals surface area contributed by atoms with Crippen LogP contribution >= 0.6 is 0 Å². The summed E-state index contributed by atoms with van der Waals surface area (Å²) < 4.78 is 0. The molecule has 4 N–H and O–H groups in total. The molecule has 2 atom stereocenters. The zero-order valence-corrected chi connectivity index (χ0v) is 11.2. The average Bonchev–Trinajstić information content (AvgIpc) is 2.51. The third-order valence-electron chi connectivity index (χ3n) is 3.17. The molecular formula is C13H12N4O5. The zero-order chi connectivity index (χ0) is 16.3. The standard InChI is InChI=1S/C13H12N4O5/c14-17-16-5-10(18)11(19)6-1-2-7-9(3-6)15-4-8(12(7)20)13(21)22/h1-4,10-11,18-19H,5H2,(H,15,20)(H,21,22). The molecule has 2 rings (SSSR count). The lowest BCUT2D eigenvalue weighted by molar-refractivity contribution is 0.0245. The number of fused-ring (bicyclic) bond motifs is 1. The number of carboxylic acid groups (broad SMARTS) is 1. The summed E-state index contributed by atoms with van der Waals surface area (Å²) in [6, 6.07) is 4.18. The summed E-state index contributed by atoms with van der Waals surface area (Å²) in [5.41, 5.74) is 7.78. The first-order chi connectivity index (χ1) is 10.5. The van der Waals surface area contributed by atoms with Gasteiger partial charge in [-0.25, -0.2) is 4.79 Å². The number of benzene rings is 1. The lowest BCUT2D eigenvalue weighted by Gasteiger charge is -2.16. The van der Waals surface area contributed by atoms with Crippen molar-refractivity contribution in [2.24, 2.45) is 5.11 Å². The van der Waals surface area contributed by atoms with E-state index in [1.54, 1.807) is 0 Å². The Kier molecular flexibility index (Phi) is 4.42. The van der Waals surface area contributed by atoms with Gasteiger partial charge in [0.25, 0.3) is 0 Å². The molecule has 0 saturated heterocycles. The molecule has 0 radical (unpaired) electrons. The maximum atomic E-state index is 12.0. The molecule has 0 bridgehead atoms. The van der Waals surface area contributed by atoms with Crippen LogP contribution < -0.4 is 5.43 Å². The SMILES string of the molecule is [N-]=[N+]=NCC(O)C(O)c1ccc2c(=O)c(C(=O)O)c[nH]c2c1. The van der Waals surface area contributed by atoms with Gasteiger partial charge in [0.05, 0.1) is 12.6 Å². The van der Waals surface area contributed by atoms with Crippen molar-refractivity contribution in [3.8, 4) is 0 Å². The molecule has 0 aliphatic heterocycles. The molecule has 1 aromatic carbocycles. The van der Waals surface area contributed by atoms with Crippen LogP contribution in [0.25, 0.3) is 21.3 Å². The summed E-state index contributed by atoms with van der Waals surface area (Å²) >= 11 is 0. The number of H-pyrrole nitrogens is 1. The van der Waals surface area contributed by atoms with Crippen molar-refractivity contribution in [2.75, 3.05) is 6.54 Å². The molecule has 1 aromatic heterocycles. The highest BCUT2D eigenvalue weighted by Gasteiger charge is 2.19. The smallest absolute Gasteiger partial charge is 0.341 e. The minimum Gasteiger partial charge on any atom is -0.477 e. The van der Waals surface area contributed by atoms with Crippen LogP contribution in [0.3, 0.4) is 0 Å². The van der Waals surface area contributed by atoms with Gasteiger partial charge in [0.15, 0.2) is 0 Å². The van der Waals surface area contributed by atoms with E-state index in [2.05, 4.69) is 15.0 Å². The minimum absolute atomic E-state index is 0.153. The van der Waals surface area contributed by atoms with Crippen molar-refractivity contribution in [3.05, 3.63) is 56.2 Å². The Morgan fingerprint density at radius 3 is 2.77 bits per heavy atom. The molecule has 2 aromatic rings. The monoisotopic (exact) mass is 304 g/mol. The summed E-state index contributed by atoms with van der Waals surface area (Å²) in [6.07, 6.45) is -1.53. The highest BCUT2D eigenvalue weighted by Crippen LogP contribution is 2.20. The fraction of sp³-hybridized carbons (Fsp3) is 0.231. The number of nitrogens with one attached hydrogen (secondary N) is 1. The fourth-order valence-corrected chi connectivity index (χ4v) is 2.02. The predicted molar refractivity (Wildman–Crippen MR) is 76.5 cm³/mol. The van der Waals surface area contributed by atoms with Gasteiger partial charge >= 0.3 is 5.97 Å². The number of aliphatic hydroxyl groups excluding tert-OH is 2. The van der Waals surface area contributed by atoms with E-state index in [1.807, 2.05) is 0 Å². The predicted octanol–water partition coefficient (Wildman–Crippen LogP) is 0.931. The van der Waals surface area contributed by atoms with Crippen molar-refractivity contribution in [3.63, 3.8) is 0 Å². The lowest BCUT2D eigenvalue weighted by Crippen LogP contribution is -2.21. The van der Waals surface area contributed by atoms with E-state index in [0.717, 1.165) is 6.20 Å². The number of aromatic amines is 1. The van der Waals surface area contributed by atoms with Crippen LogP contribution in [0.15, 0.2) is 34.3 Å². The first-order valence-electron chi connectivity index (χ1n) is 6.21. The molecule has 2 unspecified atom stereocenters. The molecule has 9 nitrogen and oxygen atoms in total. The van der Waals surface area contributed by atoms with Crippen LogP contribution in [0.4, 0.5) is 0 Å². The van der Waals surface area contributed by atoms with Gasteiger partial charge < -0.3 is 20.3 Å². The van der Waals surface area contributed by atoms with Gasteiger partial charge in [-0.2, -0.15) is 0 Å². The second-order valence-corrected chi connectivity index (χ2v) is 4.57. The maximum Gasteiger partial charge on any atom is 0.341 e. The average molecular weight is 304 g/mol. The first kappa shape index (κ1) is 15.5. The van der Waals surface area contributed by atoms with Gasteiger partial charge in [-0.05, 0) is 23.2 Å². The Labute approximate surface area is 123 Å². The van der Waals surface area contributed by atoms with E-state index in [1.165, 1.54) is 18.2 Å². The van der Waals surface area contributed by atoms with Crippen LogP contribution in [-0.4, -0.2) is 38.9 Å². The number of nitrogens with zero attached hydrogens (tertiary/aromatic N) is 3. The number of carboxylic acids is 1.